The molecule has 0 aliphatic heterocycles. The second-order valence-electron chi connectivity index (χ2n) is 4.74. The Morgan fingerprint density at radius 1 is 0.667 bits per heavy atom. The van der Waals surface area contributed by atoms with Gasteiger partial charge in [0.1, 0.15) is 11.5 Å². The van der Waals surface area contributed by atoms with Gasteiger partial charge < -0.3 is 9.47 Å². The van der Waals surface area contributed by atoms with Crippen LogP contribution in [0.1, 0.15) is 25.0 Å². The van der Waals surface area contributed by atoms with Gasteiger partial charge in [-0.25, -0.2) is 0 Å². The van der Waals surface area contributed by atoms with E-state index in [0.717, 1.165) is 11.1 Å². The molecule has 0 aliphatic rings. The molecule has 24 heavy (non-hydrogen) atoms. The lowest BCUT2D eigenvalue weighted by molar-refractivity contribution is -0.132. The van der Waals surface area contributed by atoms with Crippen LogP contribution in [-0.4, -0.2) is 11.9 Å². The minimum absolute atomic E-state index is 0.362. The number of esters is 2. The molecule has 0 heterocycles. The maximum Gasteiger partial charge on any atom is 0.308 e. The van der Waals surface area contributed by atoms with Crippen molar-refractivity contribution in [2.45, 2.75) is 13.8 Å². The van der Waals surface area contributed by atoms with E-state index >= 15 is 0 Å². The maximum absolute atomic E-state index is 10.8. The Labute approximate surface area is 140 Å². The lowest BCUT2D eigenvalue weighted by atomic mass is 10.2. The molecule has 0 saturated carbocycles. The van der Waals surface area contributed by atoms with Crippen LogP contribution < -0.4 is 9.47 Å². The van der Waals surface area contributed by atoms with Gasteiger partial charge in [0.2, 0.25) is 0 Å². The molecule has 0 aliphatic carbocycles. The van der Waals surface area contributed by atoms with E-state index in [1.54, 1.807) is 48.5 Å². The van der Waals surface area contributed by atoms with Crippen molar-refractivity contribution >= 4 is 11.9 Å². The van der Waals surface area contributed by atoms with Crippen molar-refractivity contribution in [2.24, 2.45) is 0 Å². The van der Waals surface area contributed by atoms with Crippen LogP contribution in [-0.2, 0) is 9.59 Å². The molecule has 0 N–H and O–H groups in total. The Hall–Kier alpha value is -3.50. The monoisotopic (exact) mass is 318 g/mol. The summed E-state index contributed by atoms with van der Waals surface area (Å²) in [4.78, 5) is 21.6. The zero-order valence-corrected chi connectivity index (χ0v) is 13.3. The Morgan fingerprint density at radius 2 is 1.00 bits per heavy atom. The first-order valence-corrected chi connectivity index (χ1v) is 7.12. The fourth-order valence-corrected chi connectivity index (χ4v) is 1.75. The van der Waals surface area contributed by atoms with Crippen molar-refractivity contribution in [2.75, 3.05) is 0 Å². The number of ether oxygens (including phenoxy) is 2. The van der Waals surface area contributed by atoms with E-state index in [4.69, 9.17) is 9.47 Å². The first-order chi connectivity index (χ1) is 11.5. The van der Waals surface area contributed by atoms with Crippen LogP contribution in [0.2, 0.25) is 0 Å². The summed E-state index contributed by atoms with van der Waals surface area (Å²) < 4.78 is 9.88. The van der Waals surface area contributed by atoms with Crippen LogP contribution in [0, 0.1) is 23.7 Å². The zero-order valence-electron chi connectivity index (χ0n) is 13.3. The van der Waals surface area contributed by atoms with Gasteiger partial charge in [0.25, 0.3) is 0 Å². The predicted molar refractivity (Wildman–Crippen MR) is 89.3 cm³/mol. The second-order valence-corrected chi connectivity index (χ2v) is 4.74. The summed E-state index contributed by atoms with van der Waals surface area (Å²) in [5.74, 6) is 11.5. The minimum Gasteiger partial charge on any atom is -0.427 e. The van der Waals surface area contributed by atoms with Gasteiger partial charge in [-0.1, -0.05) is 11.8 Å². The van der Waals surface area contributed by atoms with Gasteiger partial charge in [-0.3, -0.25) is 9.59 Å². The predicted octanol–water partition coefficient (Wildman–Crippen LogP) is 2.94. The van der Waals surface area contributed by atoms with Crippen LogP contribution >= 0.6 is 0 Å². The van der Waals surface area contributed by atoms with E-state index in [0.29, 0.717) is 11.5 Å². The molecule has 0 amide bonds. The van der Waals surface area contributed by atoms with Crippen molar-refractivity contribution in [3.05, 3.63) is 59.7 Å². The molecule has 0 fully saturated rings. The van der Waals surface area contributed by atoms with Crippen LogP contribution in [0.25, 0.3) is 0 Å². The zero-order chi connectivity index (χ0) is 17.4. The summed E-state index contributed by atoms with van der Waals surface area (Å²) >= 11 is 0. The number of carbonyl (C=O) groups excluding carboxylic acids is 2. The van der Waals surface area contributed by atoms with E-state index in [2.05, 4.69) is 23.7 Å². The normalized spacial score (nSPS) is 8.92. The Kier molecular flexibility index (Phi) is 5.77. The molecule has 0 atom stereocenters. The first-order valence-electron chi connectivity index (χ1n) is 7.12. The molecule has 2 aromatic carbocycles. The van der Waals surface area contributed by atoms with E-state index < -0.39 is 0 Å². The maximum atomic E-state index is 10.8. The van der Waals surface area contributed by atoms with Crippen molar-refractivity contribution < 1.29 is 19.1 Å². The molecular weight excluding hydrogens is 304 g/mol. The lowest BCUT2D eigenvalue weighted by Gasteiger charge is -1.99. The third-order valence-corrected chi connectivity index (χ3v) is 2.71. The number of carbonyl (C=O) groups is 2. The standard InChI is InChI=1S/C20H14O4/c1-15(21)23-19-11-7-17(8-12-19)5-3-4-6-18-9-13-20(14-10-18)24-16(2)22/h7-14H,1-2H3. The summed E-state index contributed by atoms with van der Waals surface area (Å²) in [6, 6.07) is 13.7. The quantitative estimate of drug-likeness (QED) is 0.485. The van der Waals surface area contributed by atoms with Crippen molar-refractivity contribution in [1.29, 1.82) is 0 Å². The van der Waals surface area contributed by atoms with Gasteiger partial charge in [0, 0.05) is 25.0 Å². The molecule has 4 nitrogen and oxygen atoms in total. The third kappa shape index (κ3) is 5.71. The molecule has 0 saturated heterocycles. The largest absolute Gasteiger partial charge is 0.427 e. The third-order valence-electron chi connectivity index (χ3n) is 2.71. The molecular formula is C20H14O4. The van der Waals surface area contributed by atoms with Gasteiger partial charge >= 0.3 is 11.9 Å². The molecule has 2 rings (SSSR count). The fraction of sp³-hybridized carbons (Fsp3) is 0.100. The molecule has 4 heteroatoms. The van der Waals surface area contributed by atoms with E-state index in [9.17, 15) is 9.59 Å². The van der Waals surface area contributed by atoms with Crippen LogP contribution in [0.3, 0.4) is 0 Å². The summed E-state index contributed by atoms with van der Waals surface area (Å²) in [6.07, 6.45) is 0. The Bertz CT molecular complexity index is 779. The average Bonchev–Trinajstić information content (AvgIpc) is 2.53. The lowest BCUT2D eigenvalue weighted by Crippen LogP contribution is -2.00. The van der Waals surface area contributed by atoms with Crippen LogP contribution in [0.15, 0.2) is 48.5 Å². The van der Waals surface area contributed by atoms with Gasteiger partial charge in [-0.15, -0.1) is 0 Å². The first kappa shape index (κ1) is 16.9. The Morgan fingerprint density at radius 3 is 1.29 bits per heavy atom. The summed E-state index contributed by atoms with van der Waals surface area (Å²) in [5, 5.41) is 0. The molecule has 0 bridgehead atoms. The van der Waals surface area contributed by atoms with Crippen LogP contribution in [0.5, 0.6) is 11.5 Å². The molecule has 0 spiro atoms. The minimum atomic E-state index is -0.362. The average molecular weight is 318 g/mol. The van der Waals surface area contributed by atoms with E-state index in [-0.39, 0.29) is 11.9 Å². The number of rotatable bonds is 2. The van der Waals surface area contributed by atoms with Crippen molar-refractivity contribution in [3.63, 3.8) is 0 Å². The number of hydrogen-bond donors (Lipinski definition) is 0. The van der Waals surface area contributed by atoms with E-state index in [1.807, 2.05) is 0 Å². The molecule has 0 unspecified atom stereocenters. The topological polar surface area (TPSA) is 52.6 Å². The van der Waals surface area contributed by atoms with Crippen LogP contribution in [0.4, 0.5) is 0 Å². The van der Waals surface area contributed by atoms with Gasteiger partial charge in [0.15, 0.2) is 0 Å². The highest BCUT2D eigenvalue weighted by Crippen LogP contribution is 2.12. The Balaban J connectivity index is 1.99. The van der Waals surface area contributed by atoms with Gasteiger partial charge in [-0.05, 0) is 60.4 Å². The summed E-state index contributed by atoms with van der Waals surface area (Å²) in [6.45, 7) is 2.70. The molecule has 0 radical (unpaired) electrons. The van der Waals surface area contributed by atoms with Gasteiger partial charge in [0.05, 0.1) is 0 Å². The van der Waals surface area contributed by atoms with Crippen molar-refractivity contribution in [1.82, 2.24) is 0 Å². The summed E-state index contributed by atoms with van der Waals surface area (Å²) in [5.41, 5.74) is 1.54. The van der Waals surface area contributed by atoms with E-state index in [1.165, 1.54) is 13.8 Å². The van der Waals surface area contributed by atoms with Crippen molar-refractivity contribution in [3.8, 4) is 35.2 Å². The smallest absolute Gasteiger partial charge is 0.308 e. The molecule has 118 valence electrons. The fourth-order valence-electron chi connectivity index (χ4n) is 1.75. The SMILES string of the molecule is CC(=O)Oc1ccc(C#CC#Cc2ccc(OC(C)=O)cc2)cc1. The highest BCUT2D eigenvalue weighted by molar-refractivity contribution is 5.69. The highest BCUT2D eigenvalue weighted by atomic mass is 16.5. The summed E-state index contributed by atoms with van der Waals surface area (Å²) in [7, 11) is 0. The number of hydrogen-bond acceptors (Lipinski definition) is 4. The second kappa shape index (κ2) is 8.22. The molecule has 2 aromatic rings. The van der Waals surface area contributed by atoms with Gasteiger partial charge in [-0.2, -0.15) is 0 Å². The number of benzene rings is 2. The molecule has 0 aromatic heterocycles. The highest BCUT2D eigenvalue weighted by Gasteiger charge is 1.97.